The summed E-state index contributed by atoms with van der Waals surface area (Å²) in [6.07, 6.45) is 2.19. The Hall–Kier alpha value is -3.29. The van der Waals surface area contributed by atoms with Crippen molar-refractivity contribution in [2.24, 2.45) is 5.41 Å². The molecule has 0 radical (unpaired) electrons. The van der Waals surface area contributed by atoms with Gasteiger partial charge in [-0.2, -0.15) is 0 Å². The number of hydrogen-bond donors (Lipinski definition) is 0. The molecule has 8 nitrogen and oxygen atoms in total. The van der Waals surface area contributed by atoms with Gasteiger partial charge in [0.25, 0.3) is 0 Å². The molecule has 0 atom stereocenters. The van der Waals surface area contributed by atoms with Crippen molar-refractivity contribution in [2.75, 3.05) is 55.7 Å². The van der Waals surface area contributed by atoms with Crippen LogP contribution in [0, 0.1) is 5.41 Å². The Kier molecular flexibility index (Phi) is 8.02. The Bertz CT molecular complexity index is 984. The molecular formula is C26H37N2O6+. The summed E-state index contributed by atoms with van der Waals surface area (Å²) < 4.78 is 35.4. The highest BCUT2D eigenvalue weighted by Gasteiger charge is 2.33. The molecule has 1 heterocycles. The van der Waals surface area contributed by atoms with Crippen LogP contribution in [0.2, 0.25) is 0 Å². The number of rotatable bonds is 10. The van der Waals surface area contributed by atoms with Crippen molar-refractivity contribution in [3.05, 3.63) is 35.4 Å². The van der Waals surface area contributed by atoms with Crippen molar-refractivity contribution in [1.82, 2.24) is 4.90 Å². The number of benzene rings is 2. The molecule has 8 heteroatoms. The van der Waals surface area contributed by atoms with E-state index in [1.807, 2.05) is 24.3 Å². The van der Waals surface area contributed by atoms with Gasteiger partial charge in [-0.25, -0.2) is 0 Å². The molecule has 0 fully saturated rings. The van der Waals surface area contributed by atoms with Gasteiger partial charge < -0.3 is 28.4 Å². The molecule has 2 aromatic carbocycles. The van der Waals surface area contributed by atoms with E-state index in [0.29, 0.717) is 47.6 Å². The topological polar surface area (TPSA) is 61.6 Å². The highest BCUT2D eigenvalue weighted by molar-refractivity contribution is 5.56. The summed E-state index contributed by atoms with van der Waals surface area (Å²) in [5.74, 6) is 3.82. The van der Waals surface area contributed by atoms with Crippen molar-refractivity contribution in [3.8, 4) is 34.5 Å². The minimum Gasteiger partial charge on any atom is -0.493 e. The first-order valence-corrected chi connectivity index (χ1v) is 11.2. The maximum Gasteiger partial charge on any atom is 0.234 e. The van der Waals surface area contributed by atoms with E-state index < -0.39 is 0 Å². The first-order chi connectivity index (χ1) is 16.3. The predicted molar refractivity (Wildman–Crippen MR) is 131 cm³/mol. The third-order valence-corrected chi connectivity index (χ3v) is 5.81. The van der Waals surface area contributed by atoms with E-state index in [1.165, 1.54) is 0 Å². The first-order valence-electron chi connectivity index (χ1n) is 11.2. The first kappa shape index (κ1) is 25.3. The zero-order chi connectivity index (χ0) is 24.9. The Morgan fingerprint density at radius 1 is 0.706 bits per heavy atom. The summed E-state index contributed by atoms with van der Waals surface area (Å²) in [5, 5.41) is 0. The molecule has 1 aliphatic heterocycles. The summed E-state index contributed by atoms with van der Waals surface area (Å²) in [6, 6.07) is 8.00. The van der Waals surface area contributed by atoms with Gasteiger partial charge in [-0.1, -0.05) is 13.8 Å². The molecule has 0 amide bonds. The highest BCUT2D eigenvalue weighted by Crippen LogP contribution is 2.40. The second kappa shape index (κ2) is 10.8. The molecule has 186 valence electrons. The molecule has 0 unspecified atom stereocenters. The molecule has 0 aromatic heterocycles. The number of methoxy groups -OCH3 is 6. The molecule has 0 N–H and O–H groups in total. The largest absolute Gasteiger partial charge is 0.493 e. The molecule has 0 aliphatic carbocycles. The summed E-state index contributed by atoms with van der Waals surface area (Å²) in [6.45, 7) is 7.84. The Balaban J connectivity index is 1.90. The van der Waals surface area contributed by atoms with Gasteiger partial charge in [-0.15, -0.1) is 0 Å². The molecule has 0 saturated carbocycles. The van der Waals surface area contributed by atoms with E-state index in [2.05, 4.69) is 29.7 Å². The van der Waals surface area contributed by atoms with Crippen LogP contribution in [0.25, 0.3) is 0 Å². The molecule has 1 aliphatic rings. The molecule has 34 heavy (non-hydrogen) atoms. The maximum absolute atomic E-state index is 5.53. The molecular weight excluding hydrogens is 436 g/mol. The lowest BCUT2D eigenvalue weighted by molar-refractivity contribution is -0.563. The number of ether oxygens (including phenoxy) is 6. The van der Waals surface area contributed by atoms with Crippen molar-refractivity contribution >= 4 is 6.34 Å². The highest BCUT2D eigenvalue weighted by atomic mass is 16.5. The summed E-state index contributed by atoms with van der Waals surface area (Å²) in [5.41, 5.74) is 2.25. The fourth-order valence-electron chi connectivity index (χ4n) is 4.58. The normalized spacial score (nSPS) is 14.8. The van der Waals surface area contributed by atoms with Crippen LogP contribution in [0.3, 0.4) is 0 Å². The minimum atomic E-state index is 0.0933. The van der Waals surface area contributed by atoms with E-state index in [9.17, 15) is 0 Å². The van der Waals surface area contributed by atoms with Gasteiger partial charge in [0.2, 0.25) is 17.8 Å². The van der Waals surface area contributed by atoms with Crippen LogP contribution in [-0.4, -0.2) is 71.6 Å². The van der Waals surface area contributed by atoms with Crippen molar-refractivity contribution in [1.29, 1.82) is 0 Å². The average molecular weight is 474 g/mol. The van der Waals surface area contributed by atoms with E-state index in [-0.39, 0.29) is 5.41 Å². The quantitative estimate of drug-likeness (QED) is 0.486. The van der Waals surface area contributed by atoms with Crippen LogP contribution < -0.4 is 28.4 Å². The lowest BCUT2D eigenvalue weighted by Crippen LogP contribution is -2.46. The second-order valence-corrected chi connectivity index (χ2v) is 9.16. The van der Waals surface area contributed by atoms with Crippen molar-refractivity contribution in [3.63, 3.8) is 0 Å². The zero-order valence-corrected chi connectivity index (χ0v) is 21.6. The van der Waals surface area contributed by atoms with E-state index in [0.717, 1.165) is 24.2 Å². The molecule has 2 aromatic rings. The maximum atomic E-state index is 5.53. The summed E-state index contributed by atoms with van der Waals surface area (Å²) in [7, 11) is 9.77. The second-order valence-electron chi connectivity index (χ2n) is 9.16. The standard InChI is InChI=1S/C26H37N2O6/c1-26(2)15-27(13-18-9-20(29-3)24(33-7)21(10-18)30-4)17-28(16-26)14-19-11-22(31-5)25(34-8)23(12-19)32-6/h9-12,17H,13-16H2,1-8H3/q+1. The fourth-order valence-corrected chi connectivity index (χ4v) is 4.58. The van der Waals surface area contributed by atoms with E-state index >= 15 is 0 Å². The van der Waals surface area contributed by atoms with Crippen molar-refractivity contribution < 1.29 is 33.0 Å². The van der Waals surface area contributed by atoms with E-state index in [1.54, 1.807) is 42.7 Å². The summed E-state index contributed by atoms with van der Waals surface area (Å²) >= 11 is 0. The number of nitrogens with zero attached hydrogens (tertiary/aromatic N) is 2. The van der Waals surface area contributed by atoms with Crippen LogP contribution in [0.15, 0.2) is 24.3 Å². The minimum absolute atomic E-state index is 0.0933. The lowest BCUT2D eigenvalue weighted by Gasteiger charge is -2.33. The van der Waals surface area contributed by atoms with Gasteiger partial charge in [-0.3, -0.25) is 9.48 Å². The van der Waals surface area contributed by atoms with Crippen LogP contribution in [-0.2, 0) is 13.1 Å². The average Bonchev–Trinajstić information content (AvgIpc) is 2.81. The van der Waals surface area contributed by atoms with Gasteiger partial charge in [0, 0.05) is 16.5 Å². The Morgan fingerprint density at radius 3 is 1.56 bits per heavy atom. The van der Waals surface area contributed by atoms with Gasteiger partial charge in [-0.05, 0) is 24.3 Å². The van der Waals surface area contributed by atoms with Gasteiger partial charge in [0.05, 0.1) is 55.7 Å². The van der Waals surface area contributed by atoms with E-state index in [4.69, 9.17) is 28.4 Å². The molecule has 0 spiro atoms. The molecule has 0 bridgehead atoms. The monoisotopic (exact) mass is 473 g/mol. The van der Waals surface area contributed by atoms with Gasteiger partial charge in [0.1, 0.15) is 13.1 Å². The van der Waals surface area contributed by atoms with Crippen LogP contribution in [0.5, 0.6) is 34.5 Å². The SMILES string of the molecule is COc1cc(CN2C=[N+](Cc3cc(OC)c(OC)c(OC)c3)CC(C)(C)C2)cc(OC)c1OC. The lowest BCUT2D eigenvalue weighted by atomic mass is 9.91. The zero-order valence-electron chi connectivity index (χ0n) is 21.6. The number of hydrogen-bond acceptors (Lipinski definition) is 7. The Morgan fingerprint density at radius 2 is 1.15 bits per heavy atom. The third-order valence-electron chi connectivity index (χ3n) is 5.81. The third kappa shape index (κ3) is 5.61. The smallest absolute Gasteiger partial charge is 0.234 e. The summed E-state index contributed by atoms with van der Waals surface area (Å²) in [4.78, 5) is 2.32. The van der Waals surface area contributed by atoms with Gasteiger partial charge >= 0.3 is 0 Å². The fraction of sp³-hybridized carbons (Fsp3) is 0.500. The Labute approximate surface area is 202 Å². The van der Waals surface area contributed by atoms with Crippen LogP contribution >= 0.6 is 0 Å². The molecule has 3 rings (SSSR count). The van der Waals surface area contributed by atoms with Crippen LogP contribution in [0.1, 0.15) is 25.0 Å². The molecule has 0 saturated heterocycles. The predicted octanol–water partition coefficient (Wildman–Crippen LogP) is 3.82. The van der Waals surface area contributed by atoms with Crippen LogP contribution in [0.4, 0.5) is 0 Å². The van der Waals surface area contributed by atoms with Crippen molar-refractivity contribution in [2.45, 2.75) is 26.9 Å². The van der Waals surface area contributed by atoms with Gasteiger partial charge in [0.15, 0.2) is 23.0 Å².